The molecule has 0 saturated carbocycles. The maximum atomic E-state index is 5.46. The van der Waals surface area contributed by atoms with E-state index < -0.39 is 0 Å². The monoisotopic (exact) mass is 388 g/mol. The highest BCUT2D eigenvalue weighted by atomic mass is 32.1. The number of ether oxygens (including phenoxy) is 2. The first-order valence-corrected chi connectivity index (χ1v) is 9.99. The molecule has 0 fully saturated rings. The van der Waals surface area contributed by atoms with E-state index in [9.17, 15) is 0 Å². The molecule has 0 bridgehead atoms. The predicted octanol–water partition coefficient (Wildman–Crippen LogP) is 2.95. The van der Waals surface area contributed by atoms with E-state index in [1.165, 1.54) is 16.0 Å². The lowest BCUT2D eigenvalue weighted by Gasteiger charge is -2.32. The molecule has 27 heavy (non-hydrogen) atoms. The number of hydrogen-bond acceptors (Lipinski definition) is 5. The van der Waals surface area contributed by atoms with Crippen LogP contribution in [0.25, 0.3) is 0 Å². The molecule has 0 saturated heterocycles. The molecule has 2 heterocycles. The van der Waals surface area contributed by atoms with Gasteiger partial charge < -0.3 is 19.7 Å². The SMILES string of the molecule is CN=C(NCCc1sc(C)nc1C)N1CCc2cc(OC)c(OC)cc2C1. The van der Waals surface area contributed by atoms with Crippen LogP contribution in [-0.2, 0) is 19.4 Å². The molecule has 1 N–H and O–H groups in total. The van der Waals surface area contributed by atoms with Crippen molar-refractivity contribution in [1.29, 1.82) is 0 Å². The van der Waals surface area contributed by atoms with E-state index in [2.05, 4.69) is 46.2 Å². The molecule has 3 rings (SSSR count). The lowest BCUT2D eigenvalue weighted by Crippen LogP contribution is -2.44. The van der Waals surface area contributed by atoms with Crippen molar-refractivity contribution in [3.63, 3.8) is 0 Å². The van der Waals surface area contributed by atoms with Crippen LogP contribution in [0.5, 0.6) is 11.5 Å². The zero-order valence-corrected chi connectivity index (χ0v) is 17.6. The van der Waals surface area contributed by atoms with Gasteiger partial charge in [0, 0.05) is 38.0 Å². The molecule has 1 aliphatic rings. The molecule has 0 amide bonds. The Balaban J connectivity index is 1.64. The van der Waals surface area contributed by atoms with Gasteiger partial charge in [0.15, 0.2) is 17.5 Å². The second kappa shape index (κ2) is 8.61. The van der Waals surface area contributed by atoms with Gasteiger partial charge in [-0.25, -0.2) is 4.98 Å². The standard InChI is InChI=1S/C20H28N4O2S/c1-13-19(27-14(2)23-13)6-8-22-20(21-3)24-9-7-15-10-17(25-4)18(26-5)11-16(15)12-24/h10-11H,6-9,12H2,1-5H3,(H,21,22). The van der Waals surface area contributed by atoms with E-state index in [1.54, 1.807) is 25.6 Å². The van der Waals surface area contributed by atoms with E-state index in [0.29, 0.717) is 0 Å². The molecule has 1 aliphatic heterocycles. The van der Waals surface area contributed by atoms with Crippen molar-refractivity contribution in [2.24, 2.45) is 4.99 Å². The van der Waals surface area contributed by atoms with Crippen molar-refractivity contribution in [1.82, 2.24) is 15.2 Å². The molecular weight excluding hydrogens is 360 g/mol. The zero-order chi connectivity index (χ0) is 19.4. The van der Waals surface area contributed by atoms with Gasteiger partial charge in [0.2, 0.25) is 0 Å². The summed E-state index contributed by atoms with van der Waals surface area (Å²) in [4.78, 5) is 12.6. The van der Waals surface area contributed by atoms with Crippen LogP contribution in [0.3, 0.4) is 0 Å². The molecule has 7 heteroatoms. The molecule has 2 aromatic rings. The van der Waals surface area contributed by atoms with Crippen molar-refractivity contribution in [2.75, 3.05) is 34.4 Å². The summed E-state index contributed by atoms with van der Waals surface area (Å²) >= 11 is 1.78. The topological polar surface area (TPSA) is 59.0 Å². The first-order chi connectivity index (χ1) is 13.0. The molecule has 146 valence electrons. The van der Waals surface area contributed by atoms with Gasteiger partial charge in [-0.1, -0.05) is 0 Å². The minimum absolute atomic E-state index is 0.775. The highest BCUT2D eigenvalue weighted by Crippen LogP contribution is 2.33. The summed E-state index contributed by atoms with van der Waals surface area (Å²) in [5.74, 6) is 2.51. The van der Waals surface area contributed by atoms with Crippen LogP contribution in [0, 0.1) is 13.8 Å². The van der Waals surface area contributed by atoms with E-state index >= 15 is 0 Å². The highest BCUT2D eigenvalue weighted by Gasteiger charge is 2.21. The van der Waals surface area contributed by atoms with Crippen LogP contribution in [0.4, 0.5) is 0 Å². The van der Waals surface area contributed by atoms with Crippen molar-refractivity contribution in [3.05, 3.63) is 38.8 Å². The molecule has 0 aliphatic carbocycles. The lowest BCUT2D eigenvalue weighted by molar-refractivity contribution is 0.346. The fourth-order valence-corrected chi connectivity index (χ4v) is 4.43. The van der Waals surface area contributed by atoms with Crippen LogP contribution < -0.4 is 14.8 Å². The maximum absolute atomic E-state index is 5.46. The first kappa shape index (κ1) is 19.5. The van der Waals surface area contributed by atoms with Crippen LogP contribution >= 0.6 is 11.3 Å². The zero-order valence-electron chi connectivity index (χ0n) is 16.8. The van der Waals surface area contributed by atoms with Gasteiger partial charge in [0.25, 0.3) is 0 Å². The Kier molecular flexibility index (Phi) is 6.21. The van der Waals surface area contributed by atoms with Gasteiger partial charge >= 0.3 is 0 Å². The maximum Gasteiger partial charge on any atom is 0.193 e. The van der Waals surface area contributed by atoms with E-state index in [4.69, 9.17) is 9.47 Å². The molecule has 0 atom stereocenters. The van der Waals surface area contributed by atoms with E-state index in [-0.39, 0.29) is 0 Å². The number of nitrogens with zero attached hydrogens (tertiary/aromatic N) is 3. The van der Waals surface area contributed by atoms with Gasteiger partial charge in [-0.2, -0.15) is 0 Å². The number of aryl methyl sites for hydroxylation is 2. The predicted molar refractivity (Wildman–Crippen MR) is 110 cm³/mol. The summed E-state index contributed by atoms with van der Waals surface area (Å²) in [5, 5.41) is 4.63. The third-order valence-corrected chi connectivity index (χ3v) is 6.00. The molecule has 0 spiro atoms. The number of guanidine groups is 1. The largest absolute Gasteiger partial charge is 0.493 e. The molecular formula is C20H28N4O2S. The van der Waals surface area contributed by atoms with Gasteiger partial charge in [-0.15, -0.1) is 11.3 Å². The summed E-state index contributed by atoms with van der Waals surface area (Å²) in [6, 6.07) is 4.17. The summed E-state index contributed by atoms with van der Waals surface area (Å²) < 4.78 is 10.9. The first-order valence-electron chi connectivity index (χ1n) is 9.18. The summed E-state index contributed by atoms with van der Waals surface area (Å²) in [6.07, 6.45) is 1.93. The van der Waals surface area contributed by atoms with Crippen LogP contribution in [0.15, 0.2) is 17.1 Å². The minimum Gasteiger partial charge on any atom is -0.493 e. The number of aromatic nitrogens is 1. The van der Waals surface area contributed by atoms with Gasteiger partial charge in [0.05, 0.1) is 24.9 Å². The fourth-order valence-electron chi connectivity index (χ4n) is 3.49. The van der Waals surface area contributed by atoms with Gasteiger partial charge in [0.1, 0.15) is 0 Å². The number of benzene rings is 1. The Bertz CT molecular complexity index is 832. The molecule has 6 nitrogen and oxygen atoms in total. The molecule has 1 aromatic heterocycles. The minimum atomic E-state index is 0.775. The second-order valence-corrected chi connectivity index (χ2v) is 7.90. The van der Waals surface area contributed by atoms with Crippen LogP contribution in [0.1, 0.15) is 26.7 Å². The molecule has 0 unspecified atom stereocenters. The van der Waals surface area contributed by atoms with Crippen LogP contribution in [-0.4, -0.2) is 50.2 Å². The summed E-state index contributed by atoms with van der Waals surface area (Å²) in [7, 11) is 5.19. The fraction of sp³-hybridized carbons (Fsp3) is 0.500. The Morgan fingerprint density at radius 1 is 1.22 bits per heavy atom. The second-order valence-electron chi connectivity index (χ2n) is 6.61. The average Bonchev–Trinajstić information content (AvgIpc) is 3.00. The Labute approximate surface area is 165 Å². The van der Waals surface area contributed by atoms with Crippen molar-refractivity contribution in [2.45, 2.75) is 33.2 Å². The average molecular weight is 389 g/mol. The smallest absolute Gasteiger partial charge is 0.193 e. The Morgan fingerprint density at radius 2 is 1.93 bits per heavy atom. The van der Waals surface area contributed by atoms with Crippen molar-refractivity contribution >= 4 is 17.3 Å². The molecule has 0 radical (unpaired) electrons. The number of aliphatic imine (C=N–C) groups is 1. The number of methoxy groups -OCH3 is 2. The number of thiazole rings is 1. The number of rotatable bonds is 5. The molecule has 1 aromatic carbocycles. The summed E-state index contributed by atoms with van der Waals surface area (Å²) in [6.45, 7) is 6.73. The quantitative estimate of drug-likeness (QED) is 0.630. The number of nitrogens with one attached hydrogen (secondary N) is 1. The van der Waals surface area contributed by atoms with Crippen molar-refractivity contribution in [3.8, 4) is 11.5 Å². The normalized spacial score (nSPS) is 14.1. The van der Waals surface area contributed by atoms with Gasteiger partial charge in [-0.05, 0) is 43.5 Å². The number of fused-ring (bicyclic) bond motifs is 1. The Morgan fingerprint density at radius 3 is 2.52 bits per heavy atom. The van der Waals surface area contributed by atoms with E-state index in [0.717, 1.165) is 60.6 Å². The van der Waals surface area contributed by atoms with E-state index in [1.807, 2.05) is 7.05 Å². The third-order valence-electron chi connectivity index (χ3n) is 4.86. The third kappa shape index (κ3) is 4.35. The highest BCUT2D eigenvalue weighted by molar-refractivity contribution is 7.11. The number of hydrogen-bond donors (Lipinski definition) is 1. The summed E-state index contributed by atoms with van der Waals surface area (Å²) in [5.41, 5.74) is 3.72. The van der Waals surface area contributed by atoms with Crippen LogP contribution in [0.2, 0.25) is 0 Å². The Hall–Kier alpha value is -2.28. The van der Waals surface area contributed by atoms with Crippen molar-refractivity contribution < 1.29 is 9.47 Å². The lowest BCUT2D eigenvalue weighted by atomic mass is 9.99. The van der Waals surface area contributed by atoms with Gasteiger partial charge in [-0.3, -0.25) is 4.99 Å².